The van der Waals surface area contributed by atoms with Crippen molar-refractivity contribution in [1.82, 2.24) is 0 Å². The molecule has 68 valence electrons. The van der Waals surface area contributed by atoms with E-state index in [-0.39, 0.29) is 0 Å². The van der Waals surface area contributed by atoms with E-state index in [4.69, 9.17) is 0 Å². The maximum absolute atomic E-state index is 3.10. The van der Waals surface area contributed by atoms with Crippen LogP contribution in [0.1, 0.15) is 26.3 Å². The first kappa shape index (κ1) is 11.0. The van der Waals surface area contributed by atoms with Gasteiger partial charge in [-0.2, -0.15) is 0 Å². The minimum absolute atomic E-state index is 1.11. The molecule has 0 bridgehead atoms. The van der Waals surface area contributed by atoms with Crippen LogP contribution in [0.15, 0.2) is 24.3 Å². The molecule has 0 radical (unpaired) electrons. The Morgan fingerprint density at radius 1 is 1.25 bits per heavy atom. The average Bonchev–Trinajstić information content (AvgIpc) is 2.21. The molecule has 0 atom stereocenters. The molecule has 0 heterocycles. The zero-order valence-electron chi connectivity index (χ0n) is 8.52. The smallest absolute Gasteiger partial charge is 0.0340 e. The molecule has 1 aromatic carbocycles. The van der Waals surface area contributed by atoms with Gasteiger partial charge in [-0.25, -0.2) is 0 Å². The van der Waals surface area contributed by atoms with Gasteiger partial charge in [0.25, 0.3) is 0 Å². The molecule has 0 aliphatic rings. The van der Waals surface area contributed by atoms with Crippen molar-refractivity contribution in [2.75, 3.05) is 12.4 Å². The molecule has 1 nitrogen and oxygen atoms in total. The van der Waals surface area contributed by atoms with Gasteiger partial charge in [-0.05, 0) is 24.1 Å². The molecule has 0 aliphatic carbocycles. The number of rotatable bonds is 2. The highest BCUT2D eigenvalue weighted by Gasteiger charge is 1.88. The summed E-state index contributed by atoms with van der Waals surface area (Å²) in [4.78, 5) is 0. The number of nitrogens with one attached hydrogen (secondary N) is 1. The molecule has 0 saturated carbocycles. The highest BCUT2D eigenvalue weighted by molar-refractivity contribution is 5.44. The summed E-state index contributed by atoms with van der Waals surface area (Å²) < 4.78 is 0. The summed E-state index contributed by atoms with van der Waals surface area (Å²) in [5.41, 5.74) is 2.58. The van der Waals surface area contributed by atoms with E-state index < -0.39 is 0 Å². The third-order valence-corrected chi connectivity index (χ3v) is 1.62. The third-order valence-electron chi connectivity index (χ3n) is 1.62. The zero-order chi connectivity index (χ0) is 9.40. The molecule has 0 unspecified atom stereocenters. The summed E-state index contributed by atoms with van der Waals surface area (Å²) in [6.45, 7) is 6.16. The van der Waals surface area contributed by atoms with Crippen molar-refractivity contribution in [3.63, 3.8) is 0 Å². The highest BCUT2D eigenvalue weighted by atomic mass is 14.8. The SMILES string of the molecule is CC.CCc1cccc(NC)c1. The lowest BCUT2D eigenvalue weighted by Crippen LogP contribution is -1.88. The molecule has 0 aliphatic heterocycles. The molecule has 0 aromatic heterocycles. The van der Waals surface area contributed by atoms with Crippen LogP contribution in [0.4, 0.5) is 5.69 Å². The number of hydrogen-bond donors (Lipinski definition) is 1. The lowest BCUT2D eigenvalue weighted by atomic mass is 10.1. The second-order valence-corrected chi connectivity index (χ2v) is 2.30. The minimum atomic E-state index is 1.11. The Bertz CT molecular complexity index is 187. The molecular formula is C11H19N. The van der Waals surface area contributed by atoms with Crippen LogP contribution in [0.2, 0.25) is 0 Å². The Balaban J connectivity index is 0.000000561. The predicted octanol–water partition coefficient (Wildman–Crippen LogP) is 3.32. The molecule has 0 fully saturated rings. The van der Waals surface area contributed by atoms with Crippen molar-refractivity contribution in [3.8, 4) is 0 Å². The van der Waals surface area contributed by atoms with Crippen LogP contribution in [0.3, 0.4) is 0 Å². The normalized spacial score (nSPS) is 8.33. The van der Waals surface area contributed by atoms with Crippen LogP contribution in [-0.2, 0) is 6.42 Å². The van der Waals surface area contributed by atoms with Gasteiger partial charge < -0.3 is 5.32 Å². The van der Waals surface area contributed by atoms with Crippen LogP contribution in [-0.4, -0.2) is 7.05 Å². The Labute approximate surface area is 75.8 Å². The quantitative estimate of drug-likeness (QED) is 0.709. The summed E-state index contributed by atoms with van der Waals surface area (Å²) in [5.74, 6) is 0. The molecule has 0 spiro atoms. The van der Waals surface area contributed by atoms with E-state index in [0.717, 1.165) is 6.42 Å². The van der Waals surface area contributed by atoms with E-state index in [1.807, 2.05) is 20.9 Å². The molecular weight excluding hydrogens is 146 g/mol. The number of benzene rings is 1. The monoisotopic (exact) mass is 165 g/mol. The number of aryl methyl sites for hydroxylation is 1. The van der Waals surface area contributed by atoms with Crippen LogP contribution in [0.5, 0.6) is 0 Å². The Hall–Kier alpha value is -0.980. The summed E-state index contributed by atoms with van der Waals surface area (Å²) in [5, 5.41) is 3.10. The molecule has 12 heavy (non-hydrogen) atoms. The van der Waals surface area contributed by atoms with Crippen LogP contribution in [0, 0.1) is 0 Å². The average molecular weight is 165 g/mol. The van der Waals surface area contributed by atoms with Crippen molar-refractivity contribution >= 4 is 5.69 Å². The largest absolute Gasteiger partial charge is 0.388 e. The molecule has 0 saturated heterocycles. The standard InChI is InChI=1S/C9H13N.C2H6/c1-3-8-5-4-6-9(7-8)10-2;1-2/h4-7,10H,3H2,1-2H3;1-2H3. The second kappa shape index (κ2) is 6.71. The molecule has 0 amide bonds. The van der Waals surface area contributed by atoms with Crippen LogP contribution >= 0.6 is 0 Å². The van der Waals surface area contributed by atoms with E-state index in [9.17, 15) is 0 Å². The van der Waals surface area contributed by atoms with E-state index in [2.05, 4.69) is 36.5 Å². The fourth-order valence-corrected chi connectivity index (χ4v) is 0.947. The fraction of sp³-hybridized carbons (Fsp3) is 0.455. The lowest BCUT2D eigenvalue weighted by molar-refractivity contribution is 1.14. The van der Waals surface area contributed by atoms with Crippen LogP contribution in [0.25, 0.3) is 0 Å². The predicted molar refractivity (Wildman–Crippen MR) is 56.7 cm³/mol. The first-order chi connectivity index (χ1) is 5.86. The van der Waals surface area contributed by atoms with Gasteiger partial charge in [-0.3, -0.25) is 0 Å². The Kier molecular flexibility index (Phi) is 6.16. The van der Waals surface area contributed by atoms with Gasteiger partial charge in [0.1, 0.15) is 0 Å². The first-order valence-electron chi connectivity index (χ1n) is 4.63. The molecule has 1 N–H and O–H groups in total. The van der Waals surface area contributed by atoms with Crippen molar-refractivity contribution < 1.29 is 0 Å². The van der Waals surface area contributed by atoms with Gasteiger partial charge in [0.2, 0.25) is 0 Å². The topological polar surface area (TPSA) is 12.0 Å². The van der Waals surface area contributed by atoms with Crippen molar-refractivity contribution in [3.05, 3.63) is 29.8 Å². The Morgan fingerprint density at radius 3 is 2.42 bits per heavy atom. The van der Waals surface area contributed by atoms with E-state index in [1.165, 1.54) is 11.3 Å². The molecule has 1 aromatic rings. The Morgan fingerprint density at radius 2 is 1.92 bits per heavy atom. The summed E-state index contributed by atoms with van der Waals surface area (Å²) in [6.07, 6.45) is 1.11. The van der Waals surface area contributed by atoms with E-state index in [1.54, 1.807) is 0 Å². The van der Waals surface area contributed by atoms with Gasteiger partial charge in [-0.1, -0.05) is 32.9 Å². The van der Waals surface area contributed by atoms with Gasteiger partial charge in [0.15, 0.2) is 0 Å². The third kappa shape index (κ3) is 3.42. The summed E-state index contributed by atoms with van der Waals surface area (Å²) >= 11 is 0. The zero-order valence-corrected chi connectivity index (χ0v) is 8.52. The number of hydrogen-bond acceptors (Lipinski definition) is 1. The van der Waals surface area contributed by atoms with Crippen molar-refractivity contribution in [1.29, 1.82) is 0 Å². The minimum Gasteiger partial charge on any atom is -0.388 e. The van der Waals surface area contributed by atoms with E-state index in [0.29, 0.717) is 0 Å². The highest BCUT2D eigenvalue weighted by Crippen LogP contribution is 2.09. The lowest BCUT2D eigenvalue weighted by Gasteiger charge is -2.00. The van der Waals surface area contributed by atoms with E-state index >= 15 is 0 Å². The van der Waals surface area contributed by atoms with Crippen molar-refractivity contribution in [2.45, 2.75) is 27.2 Å². The first-order valence-corrected chi connectivity index (χ1v) is 4.63. The van der Waals surface area contributed by atoms with Gasteiger partial charge >= 0.3 is 0 Å². The molecule has 1 rings (SSSR count). The van der Waals surface area contributed by atoms with Gasteiger partial charge in [-0.15, -0.1) is 0 Å². The second-order valence-electron chi connectivity index (χ2n) is 2.30. The fourth-order valence-electron chi connectivity index (χ4n) is 0.947. The maximum atomic E-state index is 3.10. The van der Waals surface area contributed by atoms with Gasteiger partial charge in [0.05, 0.1) is 0 Å². The summed E-state index contributed by atoms with van der Waals surface area (Å²) in [7, 11) is 1.94. The molecule has 1 heteroatoms. The van der Waals surface area contributed by atoms with Crippen LogP contribution < -0.4 is 5.32 Å². The number of anilines is 1. The summed E-state index contributed by atoms with van der Waals surface area (Å²) in [6, 6.07) is 8.45. The van der Waals surface area contributed by atoms with Gasteiger partial charge in [0, 0.05) is 12.7 Å². The maximum Gasteiger partial charge on any atom is 0.0340 e. The van der Waals surface area contributed by atoms with Crippen molar-refractivity contribution in [2.24, 2.45) is 0 Å².